The first-order chi connectivity index (χ1) is 9.04. The minimum Gasteiger partial charge on any atom is -0.381 e. The lowest BCUT2D eigenvalue weighted by molar-refractivity contribution is -0.138. The van der Waals surface area contributed by atoms with Gasteiger partial charge < -0.3 is 4.74 Å². The van der Waals surface area contributed by atoms with E-state index in [-0.39, 0.29) is 11.6 Å². The number of halogens is 3. The fraction of sp³-hybridized carbons (Fsp3) is 0.769. The third-order valence-corrected chi connectivity index (χ3v) is 3.85. The molecule has 0 amide bonds. The first kappa shape index (κ1) is 13.0. The molecular weight excluding hydrogens is 257 g/mol. The Morgan fingerprint density at radius 3 is 2.47 bits per heavy atom. The molecule has 1 aromatic rings. The molecule has 0 unspecified atom stereocenters. The van der Waals surface area contributed by atoms with E-state index in [0.29, 0.717) is 25.7 Å². The van der Waals surface area contributed by atoms with Crippen LogP contribution in [-0.4, -0.2) is 23.0 Å². The van der Waals surface area contributed by atoms with Crippen molar-refractivity contribution in [1.82, 2.24) is 9.78 Å². The molecule has 0 aromatic carbocycles. The van der Waals surface area contributed by atoms with E-state index >= 15 is 0 Å². The van der Waals surface area contributed by atoms with Crippen molar-refractivity contribution in [2.45, 2.75) is 44.3 Å². The number of alkyl halides is 3. The molecule has 1 aromatic heterocycles. The molecule has 106 valence electrons. The number of aromatic nitrogens is 2. The van der Waals surface area contributed by atoms with Gasteiger partial charge in [0.25, 0.3) is 0 Å². The van der Waals surface area contributed by atoms with Crippen molar-refractivity contribution in [1.29, 1.82) is 0 Å². The predicted octanol–water partition coefficient (Wildman–Crippen LogP) is 3.21. The molecular formula is C13H17F3N2O. The van der Waals surface area contributed by atoms with Crippen LogP contribution in [0.3, 0.4) is 0 Å². The first-order valence-corrected chi connectivity index (χ1v) is 6.76. The van der Waals surface area contributed by atoms with E-state index < -0.39 is 11.7 Å². The highest BCUT2D eigenvalue weighted by Crippen LogP contribution is 2.45. The van der Waals surface area contributed by atoms with E-state index in [1.165, 1.54) is 10.9 Å². The summed E-state index contributed by atoms with van der Waals surface area (Å²) >= 11 is 0. The predicted molar refractivity (Wildman–Crippen MR) is 62.7 cm³/mol. The van der Waals surface area contributed by atoms with Crippen LogP contribution in [0.25, 0.3) is 0 Å². The lowest BCUT2D eigenvalue weighted by Crippen LogP contribution is -2.20. The van der Waals surface area contributed by atoms with Gasteiger partial charge >= 0.3 is 6.18 Å². The molecule has 2 aliphatic rings. The summed E-state index contributed by atoms with van der Waals surface area (Å²) in [6, 6.07) is 0. The highest BCUT2D eigenvalue weighted by atomic mass is 19.4. The molecule has 0 atom stereocenters. The van der Waals surface area contributed by atoms with Crippen molar-refractivity contribution in [3.8, 4) is 0 Å². The van der Waals surface area contributed by atoms with Crippen molar-refractivity contribution < 1.29 is 17.9 Å². The Balaban J connectivity index is 1.78. The van der Waals surface area contributed by atoms with Gasteiger partial charge in [0, 0.05) is 31.9 Å². The number of nitrogens with zero attached hydrogens (tertiary/aromatic N) is 2. The van der Waals surface area contributed by atoms with Crippen LogP contribution in [0.5, 0.6) is 0 Å². The van der Waals surface area contributed by atoms with Crippen molar-refractivity contribution in [3.63, 3.8) is 0 Å². The molecule has 1 saturated heterocycles. The third-order valence-electron chi connectivity index (χ3n) is 3.85. The fourth-order valence-electron chi connectivity index (χ4n) is 2.60. The Morgan fingerprint density at radius 2 is 1.89 bits per heavy atom. The lowest BCUT2D eigenvalue weighted by atomic mass is 10.0. The topological polar surface area (TPSA) is 27.1 Å². The van der Waals surface area contributed by atoms with Crippen molar-refractivity contribution in [3.05, 3.63) is 17.5 Å². The quantitative estimate of drug-likeness (QED) is 0.846. The van der Waals surface area contributed by atoms with E-state index in [9.17, 15) is 13.2 Å². The maximum Gasteiger partial charge on any atom is 0.419 e. The van der Waals surface area contributed by atoms with Crippen LogP contribution in [0.1, 0.15) is 42.9 Å². The van der Waals surface area contributed by atoms with Gasteiger partial charge in [0.15, 0.2) is 0 Å². The van der Waals surface area contributed by atoms with E-state index in [0.717, 1.165) is 25.7 Å². The maximum absolute atomic E-state index is 13.0. The van der Waals surface area contributed by atoms with E-state index in [1.807, 2.05) is 0 Å². The van der Waals surface area contributed by atoms with E-state index in [2.05, 4.69) is 5.10 Å². The molecule has 19 heavy (non-hydrogen) atoms. The first-order valence-electron chi connectivity index (χ1n) is 6.76. The van der Waals surface area contributed by atoms with E-state index in [4.69, 9.17) is 4.74 Å². The van der Waals surface area contributed by atoms with Gasteiger partial charge in [-0.1, -0.05) is 0 Å². The zero-order valence-corrected chi connectivity index (χ0v) is 10.6. The normalized spacial score (nSPS) is 21.8. The van der Waals surface area contributed by atoms with Gasteiger partial charge in [0.05, 0.1) is 11.3 Å². The Morgan fingerprint density at radius 1 is 1.21 bits per heavy atom. The molecule has 3 rings (SSSR count). The van der Waals surface area contributed by atoms with Gasteiger partial charge in [-0.05, 0) is 31.6 Å². The maximum atomic E-state index is 13.0. The SMILES string of the molecule is FC(F)(F)c1cn(CC2CCOCC2)nc1C1CC1. The molecule has 0 N–H and O–H groups in total. The molecule has 0 radical (unpaired) electrons. The van der Waals surface area contributed by atoms with Crippen LogP contribution in [0.2, 0.25) is 0 Å². The second-order valence-electron chi connectivity index (χ2n) is 5.48. The number of ether oxygens (including phenoxy) is 1. The Labute approximate surface area is 109 Å². The molecule has 1 saturated carbocycles. The number of hydrogen-bond donors (Lipinski definition) is 0. The van der Waals surface area contributed by atoms with Crippen LogP contribution >= 0.6 is 0 Å². The third kappa shape index (κ3) is 2.94. The standard InChI is InChI=1S/C13H17F3N2O/c14-13(15,16)11-8-18(17-12(11)10-1-2-10)7-9-3-5-19-6-4-9/h8-10H,1-7H2. The second-order valence-corrected chi connectivity index (χ2v) is 5.48. The second kappa shape index (κ2) is 4.81. The average molecular weight is 274 g/mol. The monoisotopic (exact) mass is 274 g/mol. The van der Waals surface area contributed by atoms with Gasteiger partial charge in [0.1, 0.15) is 0 Å². The van der Waals surface area contributed by atoms with Gasteiger partial charge in [-0.25, -0.2) is 0 Å². The molecule has 2 fully saturated rings. The summed E-state index contributed by atoms with van der Waals surface area (Å²) in [4.78, 5) is 0. The molecule has 6 heteroatoms. The fourth-order valence-corrected chi connectivity index (χ4v) is 2.60. The summed E-state index contributed by atoms with van der Waals surface area (Å²) in [5, 5.41) is 4.19. The average Bonchev–Trinajstić information content (AvgIpc) is 3.11. The smallest absolute Gasteiger partial charge is 0.381 e. The summed E-state index contributed by atoms with van der Waals surface area (Å²) in [7, 11) is 0. The van der Waals surface area contributed by atoms with Gasteiger partial charge in [-0.2, -0.15) is 18.3 Å². The van der Waals surface area contributed by atoms with Gasteiger partial charge in [-0.3, -0.25) is 4.68 Å². The summed E-state index contributed by atoms with van der Waals surface area (Å²) in [6.07, 6.45) is 0.365. The molecule has 1 aliphatic heterocycles. The molecule has 0 bridgehead atoms. The van der Waals surface area contributed by atoms with Crippen LogP contribution in [-0.2, 0) is 17.5 Å². The molecule has 3 nitrogen and oxygen atoms in total. The van der Waals surface area contributed by atoms with E-state index in [1.54, 1.807) is 0 Å². The minimum absolute atomic E-state index is 0.0209. The summed E-state index contributed by atoms with van der Waals surface area (Å²) in [6.45, 7) is 1.97. The highest BCUT2D eigenvalue weighted by molar-refractivity contribution is 5.27. The van der Waals surface area contributed by atoms with Crippen molar-refractivity contribution in [2.24, 2.45) is 5.92 Å². The summed E-state index contributed by atoms with van der Waals surface area (Å²) in [5.74, 6) is 0.398. The summed E-state index contributed by atoms with van der Waals surface area (Å²) < 4.78 is 45.6. The van der Waals surface area contributed by atoms with Crippen LogP contribution in [0.4, 0.5) is 13.2 Å². The lowest BCUT2D eigenvalue weighted by Gasteiger charge is -2.21. The Bertz CT molecular complexity index is 445. The Kier molecular flexibility index (Phi) is 3.28. The zero-order chi connectivity index (χ0) is 13.5. The molecule has 0 spiro atoms. The van der Waals surface area contributed by atoms with Gasteiger partial charge in [0.2, 0.25) is 0 Å². The number of rotatable bonds is 3. The van der Waals surface area contributed by atoms with Gasteiger partial charge in [-0.15, -0.1) is 0 Å². The van der Waals surface area contributed by atoms with Crippen LogP contribution < -0.4 is 0 Å². The van der Waals surface area contributed by atoms with Crippen molar-refractivity contribution >= 4 is 0 Å². The Hall–Kier alpha value is -1.04. The molecule has 2 heterocycles. The van der Waals surface area contributed by atoms with Crippen LogP contribution in [0, 0.1) is 5.92 Å². The largest absolute Gasteiger partial charge is 0.419 e. The minimum atomic E-state index is -4.29. The zero-order valence-electron chi connectivity index (χ0n) is 10.6. The number of hydrogen-bond acceptors (Lipinski definition) is 2. The summed E-state index contributed by atoms with van der Waals surface area (Å²) in [5.41, 5.74) is -0.290. The van der Waals surface area contributed by atoms with Crippen molar-refractivity contribution in [2.75, 3.05) is 13.2 Å². The van der Waals surface area contributed by atoms with Crippen LogP contribution in [0.15, 0.2) is 6.20 Å². The highest BCUT2D eigenvalue weighted by Gasteiger charge is 2.41. The molecule has 1 aliphatic carbocycles.